The molecule has 1 saturated heterocycles. The molecule has 1 amide bonds. The van der Waals surface area contributed by atoms with Crippen LogP contribution >= 0.6 is 0 Å². The molecule has 2 aromatic carbocycles. The SMILES string of the molecule is O=C(O)CN1CCN(CCc2ccc3c(c2)CO/C3=C2/C(=O)Nc3ccc(F)cc32)CC1. The van der Waals surface area contributed by atoms with Gasteiger partial charge in [-0.2, -0.15) is 0 Å². The lowest BCUT2D eigenvalue weighted by atomic mass is 9.98. The number of anilines is 1. The van der Waals surface area contributed by atoms with Gasteiger partial charge in [-0.25, -0.2) is 4.39 Å². The first kappa shape index (κ1) is 20.7. The Morgan fingerprint density at radius 1 is 1.06 bits per heavy atom. The highest BCUT2D eigenvalue weighted by Crippen LogP contribution is 2.41. The molecule has 0 radical (unpaired) electrons. The second-order valence-electron chi connectivity index (χ2n) is 8.39. The van der Waals surface area contributed by atoms with Crippen LogP contribution in [0.3, 0.4) is 0 Å². The summed E-state index contributed by atoms with van der Waals surface area (Å²) in [6.07, 6.45) is 0.882. The highest BCUT2D eigenvalue weighted by atomic mass is 19.1. The zero-order chi connectivity index (χ0) is 22.2. The molecule has 166 valence electrons. The van der Waals surface area contributed by atoms with Gasteiger partial charge in [0.1, 0.15) is 18.2 Å². The van der Waals surface area contributed by atoms with Crippen LogP contribution in [0.25, 0.3) is 11.3 Å². The van der Waals surface area contributed by atoms with Crippen LogP contribution in [0, 0.1) is 5.82 Å². The molecule has 0 bridgehead atoms. The summed E-state index contributed by atoms with van der Waals surface area (Å²) in [5.41, 5.74) is 4.59. The van der Waals surface area contributed by atoms with Crippen LogP contribution in [-0.2, 0) is 27.4 Å². The van der Waals surface area contributed by atoms with Crippen molar-refractivity contribution in [3.63, 3.8) is 0 Å². The maximum atomic E-state index is 13.8. The molecular formula is C24H24FN3O4. The number of halogens is 1. The van der Waals surface area contributed by atoms with Crippen molar-refractivity contribution in [3.05, 3.63) is 64.5 Å². The summed E-state index contributed by atoms with van der Waals surface area (Å²) in [5, 5.41) is 11.7. The number of amides is 1. The van der Waals surface area contributed by atoms with Crippen molar-refractivity contribution in [2.75, 3.05) is 44.6 Å². The molecule has 0 spiro atoms. The van der Waals surface area contributed by atoms with Crippen LogP contribution in [0.1, 0.15) is 22.3 Å². The van der Waals surface area contributed by atoms with Gasteiger partial charge in [0.2, 0.25) is 0 Å². The number of nitrogens with zero attached hydrogens (tertiary/aromatic N) is 2. The summed E-state index contributed by atoms with van der Waals surface area (Å²) in [5.74, 6) is -0.949. The average Bonchev–Trinajstić information content (AvgIpc) is 3.31. The number of benzene rings is 2. The molecule has 2 N–H and O–H groups in total. The lowest BCUT2D eigenvalue weighted by Crippen LogP contribution is -2.48. The van der Waals surface area contributed by atoms with E-state index in [-0.39, 0.29) is 12.5 Å². The first-order valence-electron chi connectivity index (χ1n) is 10.7. The zero-order valence-electron chi connectivity index (χ0n) is 17.6. The number of carboxylic acids is 1. The average molecular weight is 437 g/mol. The Morgan fingerprint density at radius 3 is 2.62 bits per heavy atom. The minimum atomic E-state index is -0.781. The second-order valence-corrected chi connectivity index (χ2v) is 8.39. The molecule has 0 saturated carbocycles. The fourth-order valence-corrected chi connectivity index (χ4v) is 4.59. The van der Waals surface area contributed by atoms with Crippen molar-refractivity contribution < 1.29 is 23.8 Å². The fourth-order valence-electron chi connectivity index (χ4n) is 4.59. The summed E-state index contributed by atoms with van der Waals surface area (Å²) in [4.78, 5) is 27.7. The third kappa shape index (κ3) is 3.99. The number of hydrogen-bond acceptors (Lipinski definition) is 5. The van der Waals surface area contributed by atoms with E-state index in [4.69, 9.17) is 9.84 Å². The lowest BCUT2D eigenvalue weighted by molar-refractivity contribution is -0.138. The first-order chi connectivity index (χ1) is 15.5. The molecule has 2 aromatic rings. The molecule has 7 nitrogen and oxygen atoms in total. The van der Waals surface area contributed by atoms with E-state index in [1.807, 2.05) is 17.0 Å². The van der Waals surface area contributed by atoms with E-state index >= 15 is 0 Å². The smallest absolute Gasteiger partial charge is 0.317 e. The Labute approximate surface area is 185 Å². The van der Waals surface area contributed by atoms with Gasteiger partial charge < -0.3 is 20.1 Å². The van der Waals surface area contributed by atoms with E-state index in [0.717, 1.165) is 50.3 Å². The van der Waals surface area contributed by atoms with E-state index in [1.165, 1.54) is 17.7 Å². The number of rotatable bonds is 5. The van der Waals surface area contributed by atoms with Gasteiger partial charge in [0.05, 0.1) is 12.1 Å². The Kier molecular flexibility index (Phi) is 5.40. The number of piperazine rings is 1. The number of fused-ring (bicyclic) bond motifs is 2. The molecule has 0 aromatic heterocycles. The molecule has 5 rings (SSSR count). The topological polar surface area (TPSA) is 82.1 Å². The number of nitrogens with one attached hydrogen (secondary N) is 1. The zero-order valence-corrected chi connectivity index (χ0v) is 17.6. The maximum absolute atomic E-state index is 13.8. The number of carbonyl (C=O) groups is 2. The highest BCUT2D eigenvalue weighted by Gasteiger charge is 2.32. The number of hydrogen-bond donors (Lipinski definition) is 2. The van der Waals surface area contributed by atoms with Crippen molar-refractivity contribution in [1.82, 2.24) is 9.80 Å². The van der Waals surface area contributed by atoms with Gasteiger partial charge in [-0.3, -0.25) is 14.5 Å². The largest absolute Gasteiger partial charge is 0.487 e. The third-order valence-corrected chi connectivity index (χ3v) is 6.28. The first-order valence-corrected chi connectivity index (χ1v) is 10.7. The van der Waals surface area contributed by atoms with Gasteiger partial charge in [-0.05, 0) is 30.2 Å². The summed E-state index contributed by atoms with van der Waals surface area (Å²) in [7, 11) is 0. The molecule has 3 heterocycles. The van der Waals surface area contributed by atoms with E-state index in [0.29, 0.717) is 29.2 Å². The van der Waals surface area contributed by atoms with Gasteiger partial charge in [0, 0.05) is 55.1 Å². The summed E-state index contributed by atoms with van der Waals surface area (Å²) in [6.45, 7) is 4.66. The van der Waals surface area contributed by atoms with Gasteiger partial charge in [0.15, 0.2) is 0 Å². The van der Waals surface area contributed by atoms with Crippen LogP contribution in [0.2, 0.25) is 0 Å². The molecule has 3 aliphatic rings. The quantitative estimate of drug-likeness (QED) is 0.700. The monoisotopic (exact) mass is 437 g/mol. The molecule has 3 aliphatic heterocycles. The molecule has 0 atom stereocenters. The standard InChI is InChI=1S/C24H24FN3O4/c25-17-2-4-20-19(12-17)22(24(31)26-20)23-18-3-1-15(11-16(18)14-32-23)5-6-27-7-9-28(10-8-27)13-21(29)30/h1-4,11-12H,5-10,13-14H2,(H,26,31)(H,29,30)/b23-22+. The summed E-state index contributed by atoms with van der Waals surface area (Å²) in [6, 6.07) is 10.4. The molecule has 0 aliphatic carbocycles. The van der Waals surface area contributed by atoms with Crippen molar-refractivity contribution in [1.29, 1.82) is 0 Å². The van der Waals surface area contributed by atoms with Gasteiger partial charge >= 0.3 is 5.97 Å². The second kappa shape index (κ2) is 8.37. The predicted molar refractivity (Wildman–Crippen MR) is 117 cm³/mol. The Morgan fingerprint density at radius 2 is 1.84 bits per heavy atom. The molecule has 8 heteroatoms. The molecule has 0 unspecified atom stereocenters. The fraction of sp³-hybridized carbons (Fsp3) is 0.333. The maximum Gasteiger partial charge on any atom is 0.317 e. The van der Waals surface area contributed by atoms with Gasteiger partial charge in [-0.15, -0.1) is 0 Å². The minimum absolute atomic E-state index is 0.103. The van der Waals surface area contributed by atoms with Gasteiger partial charge in [-0.1, -0.05) is 18.2 Å². The van der Waals surface area contributed by atoms with E-state index in [2.05, 4.69) is 16.3 Å². The summed E-state index contributed by atoms with van der Waals surface area (Å²) < 4.78 is 19.7. The van der Waals surface area contributed by atoms with Crippen LogP contribution in [-0.4, -0.2) is 66.1 Å². The Hall–Kier alpha value is -3.23. The Balaban J connectivity index is 1.28. The van der Waals surface area contributed by atoms with Crippen LogP contribution in [0.4, 0.5) is 10.1 Å². The molecule has 32 heavy (non-hydrogen) atoms. The number of aliphatic carboxylic acids is 1. The van der Waals surface area contributed by atoms with Crippen LogP contribution in [0.5, 0.6) is 0 Å². The summed E-state index contributed by atoms with van der Waals surface area (Å²) >= 11 is 0. The minimum Gasteiger partial charge on any atom is -0.487 e. The van der Waals surface area contributed by atoms with E-state index in [1.54, 1.807) is 6.07 Å². The number of carboxylic acid groups (broad SMARTS) is 1. The number of carbonyl (C=O) groups excluding carboxylic acids is 1. The van der Waals surface area contributed by atoms with E-state index < -0.39 is 11.8 Å². The lowest BCUT2D eigenvalue weighted by Gasteiger charge is -2.33. The van der Waals surface area contributed by atoms with Gasteiger partial charge in [0.25, 0.3) is 5.91 Å². The van der Waals surface area contributed by atoms with Crippen molar-refractivity contribution in [2.45, 2.75) is 13.0 Å². The van der Waals surface area contributed by atoms with Crippen LogP contribution < -0.4 is 5.32 Å². The van der Waals surface area contributed by atoms with Crippen molar-refractivity contribution in [3.8, 4) is 0 Å². The third-order valence-electron chi connectivity index (χ3n) is 6.28. The van der Waals surface area contributed by atoms with E-state index in [9.17, 15) is 14.0 Å². The molecule has 1 fully saturated rings. The van der Waals surface area contributed by atoms with Crippen LogP contribution in [0.15, 0.2) is 36.4 Å². The predicted octanol–water partition coefficient (Wildman–Crippen LogP) is 2.42. The van der Waals surface area contributed by atoms with Crippen molar-refractivity contribution >= 4 is 28.9 Å². The highest BCUT2D eigenvalue weighted by molar-refractivity contribution is 6.36. The van der Waals surface area contributed by atoms with Crippen molar-refractivity contribution in [2.24, 2.45) is 0 Å². The molecular weight excluding hydrogens is 413 g/mol. The normalized spacial score (nSPS) is 20.6. The Bertz CT molecular complexity index is 1120. The number of ether oxygens (including phenoxy) is 1.